The molecule has 0 aliphatic carbocycles. The highest BCUT2D eigenvalue weighted by atomic mass is 16.3. The second-order valence-corrected chi connectivity index (χ2v) is 7.07. The molecule has 150 valence electrons. The summed E-state index contributed by atoms with van der Waals surface area (Å²) in [6.07, 6.45) is 4.69. The van der Waals surface area contributed by atoms with Crippen LogP contribution in [0.15, 0.2) is 36.4 Å². The Labute approximate surface area is 165 Å². The van der Waals surface area contributed by atoms with E-state index in [0.29, 0.717) is 0 Å². The van der Waals surface area contributed by atoms with Gasteiger partial charge in [0.15, 0.2) is 5.82 Å². The summed E-state index contributed by atoms with van der Waals surface area (Å²) >= 11 is 0. The maximum Gasteiger partial charge on any atom is 0.172 e. The molecular formula is C22H36N4O. The minimum atomic E-state index is 0. The molecule has 2 N–H and O–H groups in total. The lowest BCUT2D eigenvalue weighted by atomic mass is 9.96. The van der Waals surface area contributed by atoms with E-state index in [1.807, 2.05) is 44.2 Å². The molecule has 1 aromatic carbocycles. The molecule has 4 rings (SSSR count). The number of nitrogens with zero attached hydrogens (tertiary/aromatic N) is 3. The number of aryl methyl sites for hydroxylation is 1. The van der Waals surface area contributed by atoms with Crippen molar-refractivity contribution in [2.75, 3.05) is 23.3 Å². The molecule has 2 aromatic rings. The Hall–Kier alpha value is -2.14. The van der Waals surface area contributed by atoms with Crippen molar-refractivity contribution < 1.29 is 6.53 Å². The lowest BCUT2D eigenvalue weighted by Crippen LogP contribution is -2.50. The maximum atomic E-state index is 8.54. The standard InChI is InChI=1S/C13H20N4.C7H8O.C2H6.H2/c1-3-5-10-8-11-12(16-15-10)14-9-13(2)6-4-7-17(11)13;8-6-7-4-2-1-3-5-7;1-2;/h8H,3-7,9H2,1-2H3,(H,14,16);1-5,8H,6H2;1-2H3;1H/t13-;;;/m1.../s1. The number of anilines is 2. The van der Waals surface area contributed by atoms with Gasteiger partial charge in [-0.05, 0) is 37.8 Å². The van der Waals surface area contributed by atoms with E-state index in [1.54, 1.807) is 0 Å². The van der Waals surface area contributed by atoms with Crippen molar-refractivity contribution in [3.63, 3.8) is 0 Å². The van der Waals surface area contributed by atoms with Crippen molar-refractivity contribution in [2.45, 2.75) is 65.5 Å². The van der Waals surface area contributed by atoms with Crippen LogP contribution >= 0.6 is 0 Å². The van der Waals surface area contributed by atoms with Gasteiger partial charge in [0, 0.05) is 14.5 Å². The molecule has 3 heterocycles. The third-order valence-electron chi connectivity index (χ3n) is 5.03. The molecule has 0 spiro atoms. The van der Waals surface area contributed by atoms with Gasteiger partial charge in [-0.1, -0.05) is 57.5 Å². The average Bonchev–Trinajstić information content (AvgIpc) is 3.13. The first kappa shape index (κ1) is 21.2. The zero-order chi connectivity index (χ0) is 19.7. The summed E-state index contributed by atoms with van der Waals surface area (Å²) in [6, 6.07) is 11.7. The van der Waals surface area contributed by atoms with Crippen molar-refractivity contribution >= 4 is 11.5 Å². The van der Waals surface area contributed by atoms with Gasteiger partial charge in [-0.25, -0.2) is 0 Å². The summed E-state index contributed by atoms with van der Waals surface area (Å²) in [4.78, 5) is 2.52. The average molecular weight is 373 g/mol. The predicted molar refractivity (Wildman–Crippen MR) is 115 cm³/mol. The number of aliphatic hydroxyl groups is 1. The van der Waals surface area contributed by atoms with E-state index >= 15 is 0 Å². The fourth-order valence-electron chi connectivity index (χ4n) is 3.61. The van der Waals surface area contributed by atoms with Crippen molar-refractivity contribution in [3.05, 3.63) is 47.7 Å². The fraction of sp³-hybridized carbons (Fsp3) is 0.545. The van der Waals surface area contributed by atoms with E-state index in [0.717, 1.165) is 43.0 Å². The third-order valence-corrected chi connectivity index (χ3v) is 5.03. The molecule has 1 atom stereocenters. The zero-order valence-corrected chi connectivity index (χ0v) is 17.2. The second kappa shape index (κ2) is 10.3. The first-order chi connectivity index (χ1) is 13.2. The summed E-state index contributed by atoms with van der Waals surface area (Å²) in [5.41, 5.74) is 3.62. The zero-order valence-electron chi connectivity index (χ0n) is 17.2. The molecule has 5 nitrogen and oxygen atoms in total. The highest BCUT2D eigenvalue weighted by Gasteiger charge is 2.41. The first-order valence-corrected chi connectivity index (χ1v) is 10.2. The Morgan fingerprint density at radius 2 is 1.96 bits per heavy atom. The summed E-state index contributed by atoms with van der Waals surface area (Å²) in [5, 5.41) is 20.6. The highest BCUT2D eigenvalue weighted by Crippen LogP contribution is 2.40. The van der Waals surface area contributed by atoms with Crippen LogP contribution < -0.4 is 10.2 Å². The normalized spacial score (nSPS) is 19.5. The Bertz CT molecular complexity index is 698. The molecule has 1 aromatic heterocycles. The summed E-state index contributed by atoms with van der Waals surface area (Å²) in [5.74, 6) is 0.962. The molecule has 0 unspecified atom stereocenters. The van der Waals surface area contributed by atoms with Crippen LogP contribution in [0.4, 0.5) is 11.5 Å². The van der Waals surface area contributed by atoms with Crippen LogP contribution in [0.3, 0.4) is 0 Å². The van der Waals surface area contributed by atoms with E-state index in [2.05, 4.69) is 40.3 Å². The highest BCUT2D eigenvalue weighted by molar-refractivity contribution is 5.70. The molecule has 0 amide bonds. The fourth-order valence-corrected chi connectivity index (χ4v) is 3.61. The Morgan fingerprint density at radius 3 is 2.59 bits per heavy atom. The van der Waals surface area contributed by atoms with Gasteiger partial charge in [-0.15, -0.1) is 5.10 Å². The molecule has 0 saturated carbocycles. The number of aromatic nitrogens is 2. The van der Waals surface area contributed by atoms with Gasteiger partial charge < -0.3 is 15.3 Å². The molecule has 2 aliphatic rings. The summed E-state index contributed by atoms with van der Waals surface area (Å²) in [7, 11) is 0. The van der Waals surface area contributed by atoms with E-state index in [9.17, 15) is 0 Å². The molecule has 0 radical (unpaired) electrons. The lowest BCUT2D eigenvalue weighted by molar-refractivity contribution is 0.282. The van der Waals surface area contributed by atoms with Gasteiger partial charge >= 0.3 is 0 Å². The Kier molecular flexibility index (Phi) is 8.04. The van der Waals surface area contributed by atoms with Crippen LogP contribution in [0, 0.1) is 0 Å². The maximum absolute atomic E-state index is 8.54. The molecule has 5 heteroatoms. The molecule has 2 aliphatic heterocycles. The van der Waals surface area contributed by atoms with Gasteiger partial charge in [-0.2, -0.15) is 5.10 Å². The van der Waals surface area contributed by atoms with Crippen molar-refractivity contribution in [1.29, 1.82) is 0 Å². The summed E-state index contributed by atoms with van der Waals surface area (Å²) in [6.45, 7) is 10.8. The first-order valence-electron chi connectivity index (χ1n) is 10.2. The van der Waals surface area contributed by atoms with Crippen molar-refractivity contribution in [1.82, 2.24) is 10.2 Å². The van der Waals surface area contributed by atoms with Gasteiger partial charge in [0.2, 0.25) is 0 Å². The number of fused-ring (bicyclic) bond motifs is 3. The number of nitrogens with one attached hydrogen (secondary N) is 1. The number of hydrogen-bond donors (Lipinski definition) is 2. The third kappa shape index (κ3) is 5.19. The topological polar surface area (TPSA) is 61.3 Å². The predicted octanol–water partition coefficient (Wildman–Crippen LogP) is 4.66. The number of rotatable bonds is 3. The Morgan fingerprint density at radius 1 is 1.22 bits per heavy atom. The van der Waals surface area contributed by atoms with Crippen LogP contribution in [0.2, 0.25) is 0 Å². The smallest absolute Gasteiger partial charge is 0.172 e. The van der Waals surface area contributed by atoms with Gasteiger partial charge in [0.25, 0.3) is 0 Å². The quantitative estimate of drug-likeness (QED) is 0.820. The van der Waals surface area contributed by atoms with Gasteiger partial charge in [-0.3, -0.25) is 0 Å². The van der Waals surface area contributed by atoms with Crippen LogP contribution in [-0.4, -0.2) is 33.9 Å². The van der Waals surface area contributed by atoms with Gasteiger partial charge in [0.05, 0.1) is 23.5 Å². The Balaban J connectivity index is 0.000000303. The van der Waals surface area contributed by atoms with E-state index in [1.165, 1.54) is 18.5 Å². The number of hydrogen-bond acceptors (Lipinski definition) is 5. The van der Waals surface area contributed by atoms with Gasteiger partial charge in [0.1, 0.15) is 0 Å². The van der Waals surface area contributed by atoms with E-state index < -0.39 is 0 Å². The van der Waals surface area contributed by atoms with Crippen molar-refractivity contribution in [2.24, 2.45) is 0 Å². The van der Waals surface area contributed by atoms with Crippen LogP contribution in [-0.2, 0) is 13.0 Å². The molecule has 1 saturated heterocycles. The lowest BCUT2D eigenvalue weighted by Gasteiger charge is -2.42. The second-order valence-electron chi connectivity index (χ2n) is 7.07. The summed E-state index contributed by atoms with van der Waals surface area (Å²) < 4.78 is 0. The van der Waals surface area contributed by atoms with E-state index in [4.69, 9.17) is 5.11 Å². The van der Waals surface area contributed by atoms with Crippen molar-refractivity contribution in [3.8, 4) is 0 Å². The van der Waals surface area contributed by atoms with E-state index in [-0.39, 0.29) is 13.6 Å². The van der Waals surface area contributed by atoms with Crippen LogP contribution in [0.25, 0.3) is 0 Å². The molecule has 1 fully saturated rings. The molecular weight excluding hydrogens is 336 g/mol. The number of aliphatic hydroxyl groups excluding tert-OH is 1. The number of benzene rings is 1. The molecule has 27 heavy (non-hydrogen) atoms. The SMILES string of the molecule is CC.CCCc1cc2c(nn1)NC[C@@]1(C)CCCN21.OCc1ccccc1.[HH]. The minimum absolute atomic E-state index is 0. The minimum Gasteiger partial charge on any atom is -0.392 e. The van der Waals surface area contributed by atoms with Crippen LogP contribution in [0.1, 0.15) is 59.6 Å². The van der Waals surface area contributed by atoms with Crippen LogP contribution in [0.5, 0.6) is 0 Å². The monoisotopic (exact) mass is 372 g/mol. The molecule has 0 bridgehead atoms. The largest absolute Gasteiger partial charge is 0.392 e.